The third kappa shape index (κ3) is 5.36. The summed E-state index contributed by atoms with van der Waals surface area (Å²) in [5.74, 6) is 1.13. The van der Waals surface area contributed by atoms with E-state index in [1.807, 2.05) is 4.90 Å². The molecule has 0 bridgehead atoms. The number of hydrogen-bond donors (Lipinski definition) is 3. The molecule has 1 aromatic heterocycles. The molecule has 1 spiro atoms. The predicted octanol–water partition coefficient (Wildman–Crippen LogP) is 2.86. The molecule has 1 saturated carbocycles. The largest absolute Gasteiger partial charge is 0.489 e. The number of halogens is 1. The highest BCUT2D eigenvalue weighted by molar-refractivity contribution is 7.89. The van der Waals surface area contributed by atoms with Crippen LogP contribution in [0.5, 0.6) is 5.75 Å². The highest BCUT2D eigenvalue weighted by atomic mass is 32.2. The molecular formula is C28H36FN5O5S. The van der Waals surface area contributed by atoms with Gasteiger partial charge in [0.1, 0.15) is 11.5 Å². The van der Waals surface area contributed by atoms with Crippen molar-refractivity contribution < 1.29 is 27.4 Å². The van der Waals surface area contributed by atoms with Gasteiger partial charge in [0.15, 0.2) is 11.6 Å². The number of sulfonamides is 1. The fourth-order valence-corrected chi connectivity index (χ4v) is 7.08. The van der Waals surface area contributed by atoms with Gasteiger partial charge in [-0.05, 0) is 62.3 Å². The number of aromatic nitrogens is 1. The first kappa shape index (κ1) is 27.2. The smallest absolute Gasteiger partial charge is 0.258 e. The summed E-state index contributed by atoms with van der Waals surface area (Å²) in [6.45, 7) is 3.86. The second kappa shape index (κ2) is 10.1. The first-order valence-electron chi connectivity index (χ1n) is 14.0. The molecule has 10 nitrogen and oxygen atoms in total. The molecule has 1 aliphatic carbocycles. The van der Waals surface area contributed by atoms with Crippen LogP contribution in [0.25, 0.3) is 0 Å². The summed E-state index contributed by atoms with van der Waals surface area (Å²) in [5, 5.41) is 12.0. The molecule has 3 fully saturated rings. The Hall–Kier alpha value is -2.96. The summed E-state index contributed by atoms with van der Waals surface area (Å²) in [7, 11) is -3.86. The second-order valence-corrected chi connectivity index (χ2v) is 13.5. The number of rotatable bonds is 8. The van der Waals surface area contributed by atoms with Crippen LogP contribution in [-0.4, -0.2) is 76.0 Å². The molecule has 4 aliphatic rings. The zero-order valence-corrected chi connectivity index (χ0v) is 23.5. The number of fused-ring (bicyclic) bond motifs is 1. The van der Waals surface area contributed by atoms with Crippen LogP contribution < -0.4 is 24.6 Å². The van der Waals surface area contributed by atoms with Crippen LogP contribution in [0.3, 0.4) is 0 Å². The number of aliphatic hydroxyl groups excluding tert-OH is 1. The Morgan fingerprint density at radius 3 is 2.55 bits per heavy atom. The van der Waals surface area contributed by atoms with Crippen molar-refractivity contribution >= 4 is 33.3 Å². The van der Waals surface area contributed by atoms with Gasteiger partial charge in [-0.1, -0.05) is 0 Å². The molecule has 1 atom stereocenters. The Bertz CT molecular complexity index is 1420. The van der Waals surface area contributed by atoms with Crippen molar-refractivity contribution in [2.75, 3.05) is 61.1 Å². The molecule has 3 N–H and O–H groups in total. The Morgan fingerprint density at radius 1 is 1.12 bits per heavy atom. The fourth-order valence-electron chi connectivity index (χ4n) is 6.04. The number of aliphatic hydroxyl groups is 1. The van der Waals surface area contributed by atoms with Gasteiger partial charge < -0.3 is 25.0 Å². The fraction of sp³-hybridized carbons (Fsp3) is 0.571. The summed E-state index contributed by atoms with van der Waals surface area (Å²) in [4.78, 5) is 22.4. The van der Waals surface area contributed by atoms with Crippen molar-refractivity contribution in [3.8, 4) is 5.75 Å². The summed E-state index contributed by atoms with van der Waals surface area (Å²) >= 11 is 0. The van der Waals surface area contributed by atoms with Crippen molar-refractivity contribution in [3.63, 3.8) is 0 Å². The number of ether oxygens (including phenoxy) is 1. The molecule has 40 heavy (non-hydrogen) atoms. The van der Waals surface area contributed by atoms with Crippen molar-refractivity contribution in [1.82, 2.24) is 9.71 Å². The molecule has 12 heteroatoms. The molecule has 6 rings (SSSR count). The van der Waals surface area contributed by atoms with Gasteiger partial charge in [0, 0.05) is 44.6 Å². The van der Waals surface area contributed by atoms with Crippen molar-refractivity contribution in [3.05, 3.63) is 35.4 Å². The van der Waals surface area contributed by atoms with Crippen LogP contribution in [0.15, 0.2) is 29.2 Å². The lowest BCUT2D eigenvalue weighted by atomic mass is 9.93. The Balaban J connectivity index is 1.31. The van der Waals surface area contributed by atoms with E-state index in [1.54, 1.807) is 19.1 Å². The monoisotopic (exact) mass is 573 g/mol. The third-order valence-corrected chi connectivity index (χ3v) is 10.1. The van der Waals surface area contributed by atoms with Gasteiger partial charge in [0.2, 0.25) is 10.0 Å². The van der Waals surface area contributed by atoms with Gasteiger partial charge in [-0.3, -0.25) is 4.79 Å². The third-order valence-electron chi connectivity index (χ3n) is 8.66. The predicted molar refractivity (Wildman–Crippen MR) is 150 cm³/mol. The Labute approximate surface area is 234 Å². The van der Waals surface area contributed by atoms with Gasteiger partial charge in [0.25, 0.3) is 5.91 Å². The number of anilines is 3. The van der Waals surface area contributed by atoms with Crippen LogP contribution in [0.2, 0.25) is 0 Å². The molecule has 216 valence electrons. The molecule has 1 amide bonds. The number of benzene rings is 1. The molecule has 1 aromatic carbocycles. The van der Waals surface area contributed by atoms with Crippen molar-refractivity contribution in [2.24, 2.45) is 5.41 Å². The number of nitrogens with one attached hydrogen (secondary N) is 2. The van der Waals surface area contributed by atoms with E-state index in [0.717, 1.165) is 31.5 Å². The number of nitrogens with zero attached hydrogens (tertiary/aromatic N) is 3. The molecule has 1 unspecified atom stereocenters. The van der Waals surface area contributed by atoms with Crippen molar-refractivity contribution in [1.29, 1.82) is 0 Å². The summed E-state index contributed by atoms with van der Waals surface area (Å²) in [5.41, 5.74) is 0.907. The normalized spacial score (nSPS) is 23.3. The molecule has 4 heterocycles. The first-order valence-corrected chi connectivity index (χ1v) is 15.5. The van der Waals surface area contributed by atoms with Gasteiger partial charge in [-0.2, -0.15) is 0 Å². The molecular weight excluding hydrogens is 537 g/mol. The quantitative estimate of drug-likeness (QED) is 0.441. The van der Waals surface area contributed by atoms with E-state index in [0.29, 0.717) is 60.0 Å². The lowest BCUT2D eigenvalue weighted by Crippen LogP contribution is -2.36. The number of piperidine rings is 1. The number of alkyl halides is 1. The average molecular weight is 574 g/mol. The van der Waals surface area contributed by atoms with Gasteiger partial charge in [0.05, 0.1) is 35.9 Å². The van der Waals surface area contributed by atoms with E-state index in [4.69, 9.17) is 9.84 Å². The molecule has 2 saturated heterocycles. The van der Waals surface area contributed by atoms with Gasteiger partial charge in [-0.25, -0.2) is 22.5 Å². The second-order valence-electron chi connectivity index (χ2n) is 11.7. The highest BCUT2D eigenvalue weighted by Crippen LogP contribution is 2.54. The zero-order valence-electron chi connectivity index (χ0n) is 22.7. The molecule has 2 aromatic rings. The standard InChI is InChI=1S/C28H36FN5O5S/c1-27(29)7-11-34(18-27)25-24-19(4-15-39-24)16-23(31-25)32-26(36)21-3-2-20(40(37,38)30-10-14-35)17-22(21)33-12-8-28(5-6-28)9-13-33/h2-3,16-17,30,35H,4-15,18H2,1H3,(H,31,32,36). The minimum Gasteiger partial charge on any atom is -0.489 e. The van der Waals surface area contributed by atoms with Gasteiger partial charge >= 0.3 is 0 Å². The number of carbonyl (C=O) groups excluding carboxylic acids is 1. The zero-order chi connectivity index (χ0) is 28.1. The van der Waals surface area contributed by atoms with Gasteiger partial charge in [-0.15, -0.1) is 0 Å². The van der Waals surface area contributed by atoms with E-state index in [-0.39, 0.29) is 24.6 Å². The lowest BCUT2D eigenvalue weighted by molar-refractivity contribution is 0.102. The Kier molecular flexibility index (Phi) is 6.90. The molecule has 0 radical (unpaired) electrons. The minimum atomic E-state index is -3.86. The number of hydrogen-bond acceptors (Lipinski definition) is 8. The van der Waals surface area contributed by atoms with E-state index < -0.39 is 21.6 Å². The van der Waals surface area contributed by atoms with Crippen LogP contribution >= 0.6 is 0 Å². The van der Waals surface area contributed by atoms with E-state index >= 15 is 0 Å². The maximum absolute atomic E-state index is 14.6. The number of amides is 1. The minimum absolute atomic E-state index is 0.0394. The van der Waals surface area contributed by atoms with Crippen LogP contribution in [0, 0.1) is 5.41 Å². The lowest BCUT2D eigenvalue weighted by Gasteiger charge is -2.35. The van der Waals surface area contributed by atoms with E-state index in [2.05, 4.69) is 19.9 Å². The summed E-state index contributed by atoms with van der Waals surface area (Å²) < 4.78 is 48.5. The van der Waals surface area contributed by atoms with E-state index in [9.17, 15) is 17.6 Å². The topological polar surface area (TPSA) is 124 Å². The first-order chi connectivity index (χ1) is 19.1. The maximum Gasteiger partial charge on any atom is 0.258 e. The Morgan fingerprint density at radius 2 is 1.88 bits per heavy atom. The van der Waals surface area contributed by atoms with Crippen LogP contribution in [-0.2, 0) is 16.4 Å². The number of pyridine rings is 1. The molecule has 3 aliphatic heterocycles. The maximum atomic E-state index is 14.6. The van der Waals surface area contributed by atoms with Crippen LogP contribution in [0.1, 0.15) is 54.9 Å². The highest BCUT2D eigenvalue weighted by Gasteiger charge is 2.45. The summed E-state index contributed by atoms with van der Waals surface area (Å²) in [6, 6.07) is 6.28. The van der Waals surface area contributed by atoms with Crippen LogP contribution in [0.4, 0.5) is 21.7 Å². The summed E-state index contributed by atoms with van der Waals surface area (Å²) in [6.07, 6.45) is 5.52. The van der Waals surface area contributed by atoms with Crippen molar-refractivity contribution in [2.45, 2.75) is 56.0 Å². The van der Waals surface area contributed by atoms with E-state index in [1.165, 1.54) is 25.0 Å². The number of carbonyl (C=O) groups is 1. The average Bonchev–Trinajstić information content (AvgIpc) is 3.33. The SMILES string of the molecule is CC1(F)CCN(c2nc(NC(=O)c3ccc(S(=O)(=O)NCCO)cc3N3CCC4(CC3)CC4)cc3c2OCC3)C1.